The average molecular weight is 380 g/mol. The summed E-state index contributed by atoms with van der Waals surface area (Å²) in [5.74, 6) is -0.702. The fourth-order valence-corrected chi connectivity index (χ4v) is 2.38. The van der Waals surface area contributed by atoms with Crippen LogP contribution in [0.4, 0.5) is 4.39 Å². The van der Waals surface area contributed by atoms with Gasteiger partial charge in [0, 0.05) is 11.6 Å². The van der Waals surface area contributed by atoms with Gasteiger partial charge in [0.05, 0.1) is 13.0 Å². The molecule has 2 rings (SSSR count). The summed E-state index contributed by atoms with van der Waals surface area (Å²) in [6.45, 7) is 2.18. The Morgan fingerprint density at radius 3 is 2.54 bits per heavy atom. The molecule has 1 amide bonds. The van der Waals surface area contributed by atoms with Crippen LogP contribution in [0.25, 0.3) is 0 Å². The van der Waals surface area contributed by atoms with Gasteiger partial charge in [-0.1, -0.05) is 29.8 Å². The molecule has 0 saturated heterocycles. The molecule has 0 spiro atoms. The quantitative estimate of drug-likeness (QED) is 0.715. The van der Waals surface area contributed by atoms with Crippen molar-refractivity contribution in [2.24, 2.45) is 0 Å². The number of hydrogen-bond donors (Lipinski definition) is 1. The zero-order valence-electron chi connectivity index (χ0n) is 14.3. The highest BCUT2D eigenvalue weighted by Crippen LogP contribution is 2.17. The number of carbonyl (C=O) groups excluding carboxylic acids is 2. The Balaban J connectivity index is 1.73. The summed E-state index contributed by atoms with van der Waals surface area (Å²) in [6, 6.07) is 11.0. The zero-order valence-corrected chi connectivity index (χ0v) is 15.0. The molecule has 1 N–H and O–H groups in total. The van der Waals surface area contributed by atoms with Gasteiger partial charge >= 0.3 is 5.97 Å². The first kappa shape index (κ1) is 19.7. The van der Waals surface area contributed by atoms with Gasteiger partial charge < -0.3 is 14.8 Å². The van der Waals surface area contributed by atoms with Crippen LogP contribution >= 0.6 is 11.6 Å². The minimum Gasteiger partial charge on any atom is -0.494 e. The third-order valence-electron chi connectivity index (χ3n) is 3.44. The molecule has 0 aromatic heterocycles. The second-order valence-corrected chi connectivity index (χ2v) is 5.83. The number of benzene rings is 2. The van der Waals surface area contributed by atoms with Gasteiger partial charge in [0.2, 0.25) is 0 Å². The molecule has 138 valence electrons. The van der Waals surface area contributed by atoms with Crippen molar-refractivity contribution in [3.63, 3.8) is 0 Å². The number of hydrogen-bond acceptors (Lipinski definition) is 4. The Morgan fingerprint density at radius 1 is 1.15 bits per heavy atom. The van der Waals surface area contributed by atoms with Crippen LogP contribution < -0.4 is 10.1 Å². The van der Waals surface area contributed by atoms with Crippen LogP contribution in [0.5, 0.6) is 5.75 Å². The smallest absolute Gasteiger partial charge is 0.310 e. The lowest BCUT2D eigenvalue weighted by molar-refractivity contribution is -0.147. The zero-order chi connectivity index (χ0) is 18.9. The van der Waals surface area contributed by atoms with Gasteiger partial charge in [0.15, 0.2) is 6.61 Å². The summed E-state index contributed by atoms with van der Waals surface area (Å²) < 4.78 is 23.2. The van der Waals surface area contributed by atoms with Crippen LogP contribution in [-0.2, 0) is 27.3 Å². The van der Waals surface area contributed by atoms with Crippen LogP contribution in [0.1, 0.15) is 18.1 Å². The van der Waals surface area contributed by atoms with Gasteiger partial charge in [-0.25, -0.2) is 4.39 Å². The Kier molecular flexibility index (Phi) is 7.41. The van der Waals surface area contributed by atoms with Crippen molar-refractivity contribution < 1.29 is 23.5 Å². The summed E-state index contributed by atoms with van der Waals surface area (Å²) in [5.41, 5.74) is 1.33. The number of carbonyl (C=O) groups is 2. The summed E-state index contributed by atoms with van der Waals surface area (Å²) in [4.78, 5) is 23.5. The molecular weight excluding hydrogens is 361 g/mol. The Morgan fingerprint density at radius 2 is 1.88 bits per heavy atom. The first-order chi connectivity index (χ1) is 12.5. The molecule has 0 bridgehead atoms. The normalized spacial score (nSPS) is 10.3. The highest BCUT2D eigenvalue weighted by molar-refractivity contribution is 6.31. The van der Waals surface area contributed by atoms with Crippen molar-refractivity contribution >= 4 is 23.5 Å². The molecular formula is C19H19ClFNO4. The first-order valence-electron chi connectivity index (χ1n) is 8.06. The molecule has 7 heteroatoms. The largest absolute Gasteiger partial charge is 0.494 e. The molecule has 0 aliphatic carbocycles. The van der Waals surface area contributed by atoms with E-state index < -0.39 is 24.3 Å². The highest BCUT2D eigenvalue weighted by Gasteiger charge is 2.10. The van der Waals surface area contributed by atoms with Gasteiger partial charge in [0.1, 0.15) is 11.6 Å². The van der Waals surface area contributed by atoms with Crippen LogP contribution in [0, 0.1) is 5.82 Å². The average Bonchev–Trinajstić information content (AvgIpc) is 2.61. The van der Waals surface area contributed by atoms with E-state index >= 15 is 0 Å². The molecule has 0 saturated carbocycles. The van der Waals surface area contributed by atoms with Crippen molar-refractivity contribution in [1.82, 2.24) is 5.32 Å². The predicted molar refractivity (Wildman–Crippen MR) is 95.5 cm³/mol. The molecule has 0 atom stereocenters. The number of ether oxygens (including phenoxy) is 2. The Hall–Kier alpha value is -2.60. The lowest BCUT2D eigenvalue weighted by Crippen LogP contribution is -2.28. The standard InChI is InChI=1S/C19H19ClFNO4/c1-2-25-16-7-3-13(4-8-16)9-19(24)26-12-18(23)22-11-14-5-6-15(21)10-17(14)20/h3-8,10H,2,9,11-12H2,1H3,(H,22,23). The van der Waals surface area contributed by atoms with Crippen molar-refractivity contribution in [2.75, 3.05) is 13.2 Å². The summed E-state index contributed by atoms with van der Waals surface area (Å²) in [7, 11) is 0. The van der Waals surface area contributed by atoms with Crippen LogP contribution in [0.15, 0.2) is 42.5 Å². The maximum absolute atomic E-state index is 13.0. The fourth-order valence-electron chi connectivity index (χ4n) is 2.14. The summed E-state index contributed by atoms with van der Waals surface area (Å²) in [5, 5.41) is 2.78. The highest BCUT2D eigenvalue weighted by atomic mass is 35.5. The lowest BCUT2D eigenvalue weighted by atomic mass is 10.1. The summed E-state index contributed by atoms with van der Waals surface area (Å²) in [6.07, 6.45) is 0.0590. The first-order valence-corrected chi connectivity index (χ1v) is 8.43. The molecule has 0 aliphatic heterocycles. The van der Waals surface area contributed by atoms with E-state index in [0.29, 0.717) is 12.2 Å². The minimum absolute atomic E-state index is 0.0590. The third kappa shape index (κ3) is 6.37. The van der Waals surface area contributed by atoms with E-state index in [9.17, 15) is 14.0 Å². The van der Waals surface area contributed by atoms with Crippen LogP contribution in [0.2, 0.25) is 5.02 Å². The SMILES string of the molecule is CCOc1ccc(CC(=O)OCC(=O)NCc2ccc(F)cc2Cl)cc1. The number of nitrogens with one attached hydrogen (secondary N) is 1. The van der Waals surface area contributed by atoms with E-state index in [2.05, 4.69) is 5.32 Å². The molecule has 2 aromatic carbocycles. The van der Waals surface area contributed by atoms with Crippen molar-refractivity contribution in [2.45, 2.75) is 19.9 Å². The van der Waals surface area contributed by atoms with Gasteiger partial charge in [0.25, 0.3) is 5.91 Å². The molecule has 5 nitrogen and oxygen atoms in total. The molecule has 0 unspecified atom stereocenters. The lowest BCUT2D eigenvalue weighted by Gasteiger charge is -2.08. The van der Waals surface area contributed by atoms with E-state index in [4.69, 9.17) is 21.1 Å². The summed E-state index contributed by atoms with van der Waals surface area (Å²) >= 11 is 5.88. The van der Waals surface area contributed by atoms with Gasteiger partial charge in [-0.15, -0.1) is 0 Å². The second kappa shape index (κ2) is 9.77. The molecule has 2 aromatic rings. The predicted octanol–water partition coefficient (Wildman–Crippen LogP) is 3.28. The van der Waals surface area contributed by atoms with Crippen molar-refractivity contribution in [3.05, 3.63) is 64.4 Å². The van der Waals surface area contributed by atoms with Crippen LogP contribution in [0.3, 0.4) is 0 Å². The molecule has 0 heterocycles. The third-order valence-corrected chi connectivity index (χ3v) is 3.79. The molecule has 26 heavy (non-hydrogen) atoms. The Bertz CT molecular complexity index is 765. The fraction of sp³-hybridized carbons (Fsp3) is 0.263. The van der Waals surface area contributed by atoms with E-state index in [1.165, 1.54) is 18.2 Å². The molecule has 0 fully saturated rings. The maximum atomic E-state index is 13.0. The van der Waals surface area contributed by atoms with Gasteiger partial charge in [-0.3, -0.25) is 9.59 Å². The Labute approximate surface area is 156 Å². The number of esters is 1. The minimum atomic E-state index is -0.510. The van der Waals surface area contributed by atoms with Gasteiger partial charge in [-0.05, 0) is 42.3 Å². The van der Waals surface area contributed by atoms with E-state index in [-0.39, 0.29) is 18.0 Å². The number of amides is 1. The van der Waals surface area contributed by atoms with E-state index in [1.807, 2.05) is 6.92 Å². The maximum Gasteiger partial charge on any atom is 0.310 e. The number of rotatable bonds is 8. The second-order valence-electron chi connectivity index (χ2n) is 5.43. The topological polar surface area (TPSA) is 64.6 Å². The van der Waals surface area contributed by atoms with E-state index in [1.54, 1.807) is 24.3 Å². The van der Waals surface area contributed by atoms with Crippen molar-refractivity contribution in [3.8, 4) is 5.75 Å². The number of halogens is 2. The van der Waals surface area contributed by atoms with E-state index in [0.717, 1.165) is 11.3 Å². The molecule has 0 aliphatic rings. The van der Waals surface area contributed by atoms with Crippen molar-refractivity contribution in [1.29, 1.82) is 0 Å². The molecule has 0 radical (unpaired) electrons. The van der Waals surface area contributed by atoms with Crippen LogP contribution in [-0.4, -0.2) is 25.1 Å². The van der Waals surface area contributed by atoms with Gasteiger partial charge in [-0.2, -0.15) is 0 Å². The monoisotopic (exact) mass is 379 g/mol.